The zero-order chi connectivity index (χ0) is 6.81. The van der Waals surface area contributed by atoms with Crippen molar-refractivity contribution in [2.45, 2.75) is 0 Å². The lowest BCUT2D eigenvalue weighted by atomic mass is 10.3. The third-order valence-corrected chi connectivity index (χ3v) is 1.42. The fourth-order valence-electron chi connectivity index (χ4n) is 0.956. The van der Waals surface area contributed by atoms with Crippen molar-refractivity contribution in [2.75, 3.05) is 19.8 Å². The highest BCUT2D eigenvalue weighted by Crippen LogP contribution is 2.18. The summed E-state index contributed by atoms with van der Waals surface area (Å²) in [5.41, 5.74) is 0. The zero-order valence-electron chi connectivity index (χ0n) is 5.50. The highest BCUT2D eigenvalue weighted by atomic mass is 16.6. The van der Waals surface area contributed by atoms with Gasteiger partial charge >= 0.3 is 0 Å². The number of rotatable bonds is 0. The highest BCUT2D eigenvalue weighted by molar-refractivity contribution is 5.19. The number of allylic oxidation sites excluding steroid dienone is 1. The quantitative estimate of drug-likeness (QED) is 0.498. The van der Waals surface area contributed by atoms with Gasteiger partial charge in [0.1, 0.15) is 19.8 Å². The molecule has 0 aromatic heterocycles. The zero-order valence-corrected chi connectivity index (χ0v) is 5.50. The van der Waals surface area contributed by atoms with Crippen molar-refractivity contribution in [3.63, 3.8) is 0 Å². The molecule has 2 rings (SSSR count). The second kappa shape index (κ2) is 2.25. The van der Waals surface area contributed by atoms with Gasteiger partial charge in [0.25, 0.3) is 0 Å². The van der Waals surface area contributed by atoms with Gasteiger partial charge in [-0.25, -0.2) is 0 Å². The molecule has 0 aromatic carbocycles. The lowest BCUT2D eigenvalue weighted by Crippen LogP contribution is -2.17. The summed E-state index contributed by atoms with van der Waals surface area (Å²) >= 11 is 0. The molecule has 0 atom stereocenters. The van der Waals surface area contributed by atoms with Crippen molar-refractivity contribution < 1.29 is 14.2 Å². The van der Waals surface area contributed by atoms with Gasteiger partial charge in [0.15, 0.2) is 11.5 Å². The fourth-order valence-corrected chi connectivity index (χ4v) is 0.956. The molecule has 2 aliphatic rings. The van der Waals surface area contributed by atoms with E-state index in [4.69, 9.17) is 14.2 Å². The van der Waals surface area contributed by atoms with Crippen LogP contribution in [0.25, 0.3) is 0 Å². The molecule has 54 valence electrons. The van der Waals surface area contributed by atoms with E-state index in [1.807, 2.05) is 0 Å². The maximum atomic E-state index is 5.27. The molecule has 0 saturated heterocycles. The Hall–Kier alpha value is -1.12. The second-order valence-electron chi connectivity index (χ2n) is 2.10. The molecule has 2 heterocycles. The van der Waals surface area contributed by atoms with Crippen molar-refractivity contribution in [3.05, 3.63) is 23.9 Å². The Morgan fingerprint density at radius 2 is 2.10 bits per heavy atom. The minimum absolute atomic E-state index is 0.506. The first-order valence-electron chi connectivity index (χ1n) is 3.24. The first kappa shape index (κ1) is 5.65. The van der Waals surface area contributed by atoms with E-state index in [1.165, 1.54) is 0 Å². The molecule has 10 heavy (non-hydrogen) atoms. The summed E-state index contributed by atoms with van der Waals surface area (Å²) in [7, 11) is 0. The first-order chi connectivity index (χ1) is 4.97. The summed E-state index contributed by atoms with van der Waals surface area (Å²) in [6.45, 7) is 1.78. The Balaban J connectivity index is 2.23. The van der Waals surface area contributed by atoms with Crippen LogP contribution in [0.4, 0.5) is 0 Å². The predicted octanol–water partition coefficient (Wildman–Crippen LogP) is 0.789. The van der Waals surface area contributed by atoms with E-state index in [1.54, 1.807) is 12.3 Å². The summed E-state index contributed by atoms with van der Waals surface area (Å²) in [4.78, 5) is 0. The van der Waals surface area contributed by atoms with Gasteiger partial charge in [-0.1, -0.05) is 0 Å². The Morgan fingerprint density at radius 1 is 1.20 bits per heavy atom. The van der Waals surface area contributed by atoms with Gasteiger partial charge in [-0.3, -0.25) is 0 Å². The third kappa shape index (κ3) is 0.835. The molecule has 3 nitrogen and oxygen atoms in total. The van der Waals surface area contributed by atoms with E-state index in [0.29, 0.717) is 19.8 Å². The summed E-state index contributed by atoms with van der Waals surface area (Å²) in [6, 6.07) is 0. The van der Waals surface area contributed by atoms with Gasteiger partial charge in [0, 0.05) is 6.08 Å². The van der Waals surface area contributed by atoms with Gasteiger partial charge in [-0.15, -0.1) is 0 Å². The van der Waals surface area contributed by atoms with Crippen LogP contribution < -0.4 is 0 Å². The lowest BCUT2D eigenvalue weighted by Gasteiger charge is -2.22. The summed E-state index contributed by atoms with van der Waals surface area (Å²) in [5.74, 6) is 1.63. The Bertz CT molecular complexity index is 193. The minimum atomic E-state index is 0.506. The topological polar surface area (TPSA) is 27.7 Å². The summed E-state index contributed by atoms with van der Waals surface area (Å²) in [6.07, 6.45) is 3.39. The fraction of sp³-hybridized carbons (Fsp3) is 0.429. The van der Waals surface area contributed by atoms with Crippen molar-refractivity contribution in [1.82, 2.24) is 0 Å². The maximum Gasteiger partial charge on any atom is 0.175 e. The van der Waals surface area contributed by atoms with Crippen molar-refractivity contribution >= 4 is 0 Å². The molecule has 3 heteroatoms. The van der Waals surface area contributed by atoms with Crippen LogP contribution in [0, 0.1) is 0 Å². The van der Waals surface area contributed by atoms with E-state index in [0.717, 1.165) is 11.5 Å². The minimum Gasteiger partial charge on any atom is -0.493 e. The molecule has 2 aliphatic heterocycles. The van der Waals surface area contributed by atoms with E-state index >= 15 is 0 Å². The van der Waals surface area contributed by atoms with Crippen molar-refractivity contribution in [2.24, 2.45) is 0 Å². The van der Waals surface area contributed by atoms with Crippen LogP contribution in [0.3, 0.4) is 0 Å². The van der Waals surface area contributed by atoms with Crippen LogP contribution in [0.2, 0.25) is 0 Å². The van der Waals surface area contributed by atoms with Gasteiger partial charge in [-0.05, 0) is 0 Å². The van der Waals surface area contributed by atoms with Crippen LogP contribution >= 0.6 is 0 Å². The molecule has 0 aromatic rings. The molecule has 0 N–H and O–H groups in total. The smallest absolute Gasteiger partial charge is 0.175 e. The van der Waals surface area contributed by atoms with Crippen molar-refractivity contribution in [1.29, 1.82) is 0 Å². The Morgan fingerprint density at radius 3 is 3.00 bits per heavy atom. The van der Waals surface area contributed by atoms with Gasteiger partial charge in [0.2, 0.25) is 0 Å². The second-order valence-corrected chi connectivity index (χ2v) is 2.10. The Kier molecular flexibility index (Phi) is 1.27. The first-order valence-corrected chi connectivity index (χ1v) is 3.24. The summed E-state index contributed by atoms with van der Waals surface area (Å²) in [5, 5.41) is 0. The average molecular weight is 140 g/mol. The van der Waals surface area contributed by atoms with Gasteiger partial charge in [0.05, 0.1) is 6.26 Å². The van der Waals surface area contributed by atoms with E-state index in [-0.39, 0.29) is 0 Å². The highest BCUT2D eigenvalue weighted by Gasteiger charge is 2.15. The predicted molar refractivity (Wildman–Crippen MR) is 34.0 cm³/mol. The van der Waals surface area contributed by atoms with Crippen LogP contribution in [0.15, 0.2) is 23.9 Å². The summed E-state index contributed by atoms with van der Waals surface area (Å²) < 4.78 is 15.5. The molecule has 0 aliphatic carbocycles. The molecule has 0 fully saturated rings. The van der Waals surface area contributed by atoms with E-state index < -0.39 is 0 Å². The molecule has 0 saturated carbocycles. The van der Waals surface area contributed by atoms with Crippen LogP contribution in [-0.4, -0.2) is 19.8 Å². The molecular formula is C7H8O3. The van der Waals surface area contributed by atoms with E-state index in [2.05, 4.69) is 0 Å². The average Bonchev–Trinajstić information content (AvgIpc) is 2.05. The van der Waals surface area contributed by atoms with E-state index in [9.17, 15) is 0 Å². The SMILES string of the molecule is C1=CC2=C(CO1)OCCO2. The van der Waals surface area contributed by atoms with Crippen LogP contribution in [0.1, 0.15) is 0 Å². The third-order valence-electron chi connectivity index (χ3n) is 1.42. The van der Waals surface area contributed by atoms with Crippen LogP contribution in [0.5, 0.6) is 0 Å². The Labute approximate surface area is 58.9 Å². The monoisotopic (exact) mass is 140 g/mol. The van der Waals surface area contributed by atoms with Crippen LogP contribution in [-0.2, 0) is 14.2 Å². The molecule has 0 radical (unpaired) electrons. The number of hydrogen-bond donors (Lipinski definition) is 0. The van der Waals surface area contributed by atoms with Crippen molar-refractivity contribution in [3.8, 4) is 0 Å². The number of ether oxygens (including phenoxy) is 3. The molecule has 0 unspecified atom stereocenters. The van der Waals surface area contributed by atoms with Gasteiger partial charge in [-0.2, -0.15) is 0 Å². The lowest BCUT2D eigenvalue weighted by molar-refractivity contribution is 0.0408. The molecule has 0 bridgehead atoms. The van der Waals surface area contributed by atoms with Gasteiger partial charge < -0.3 is 14.2 Å². The maximum absolute atomic E-state index is 5.27. The molecule has 0 spiro atoms. The number of hydrogen-bond acceptors (Lipinski definition) is 3. The molecular weight excluding hydrogens is 132 g/mol. The standard InChI is InChI=1S/C7H8O3/c1-2-8-5-7-6(1)9-3-4-10-7/h1-2H,3-5H2. The largest absolute Gasteiger partial charge is 0.493 e. The normalized spacial score (nSPS) is 22.4. The molecule has 0 amide bonds.